The number of amides is 2. The van der Waals surface area contributed by atoms with Crippen molar-refractivity contribution in [3.63, 3.8) is 0 Å². The zero-order valence-corrected chi connectivity index (χ0v) is 21.5. The van der Waals surface area contributed by atoms with Crippen molar-refractivity contribution in [3.8, 4) is 5.75 Å². The summed E-state index contributed by atoms with van der Waals surface area (Å²) in [5.74, 6) is 0.171. The van der Waals surface area contributed by atoms with Crippen molar-refractivity contribution in [1.29, 1.82) is 0 Å². The van der Waals surface area contributed by atoms with Gasteiger partial charge in [0.1, 0.15) is 11.8 Å². The average Bonchev–Trinajstić information content (AvgIpc) is 2.80. The molecule has 2 amide bonds. The molecule has 0 aromatic heterocycles. The quantitative estimate of drug-likeness (QED) is 0.406. The molecule has 3 rings (SSSR count). The number of hydrogen-bond acceptors (Lipinski definition) is 3. The highest BCUT2D eigenvalue weighted by Crippen LogP contribution is 2.19. The molecule has 3 aromatic rings. The minimum atomic E-state index is -0.703. The van der Waals surface area contributed by atoms with Crippen molar-refractivity contribution < 1.29 is 14.3 Å². The van der Waals surface area contributed by atoms with Crippen LogP contribution in [0, 0.1) is 13.8 Å². The fourth-order valence-electron chi connectivity index (χ4n) is 3.97. The Morgan fingerprint density at radius 2 is 1.54 bits per heavy atom. The van der Waals surface area contributed by atoms with E-state index in [-0.39, 0.29) is 31.0 Å². The molecule has 6 heteroatoms. The summed E-state index contributed by atoms with van der Waals surface area (Å²) in [6, 6.07) is 22.1. The van der Waals surface area contributed by atoms with E-state index in [1.165, 1.54) is 0 Å². The first kappa shape index (κ1) is 26.3. The Morgan fingerprint density at radius 3 is 2.14 bits per heavy atom. The first-order chi connectivity index (χ1) is 16.7. The molecular weight excluding hydrogens is 460 g/mol. The van der Waals surface area contributed by atoms with Crippen molar-refractivity contribution >= 4 is 23.4 Å². The minimum Gasteiger partial charge on any atom is -0.484 e. The third-order valence-electron chi connectivity index (χ3n) is 5.53. The third-order valence-corrected chi connectivity index (χ3v) is 5.78. The lowest BCUT2D eigenvalue weighted by Crippen LogP contribution is -2.52. The topological polar surface area (TPSA) is 58.6 Å². The highest BCUT2D eigenvalue weighted by Gasteiger charge is 2.31. The van der Waals surface area contributed by atoms with Crippen LogP contribution in [0.2, 0.25) is 5.02 Å². The van der Waals surface area contributed by atoms with Crippen LogP contribution in [-0.2, 0) is 22.6 Å². The predicted molar refractivity (Wildman–Crippen MR) is 141 cm³/mol. The monoisotopic (exact) mass is 492 g/mol. The maximum absolute atomic E-state index is 13.6. The molecular formula is C29H33ClN2O3. The molecule has 3 aromatic carbocycles. The lowest BCUT2D eigenvalue weighted by Gasteiger charge is -2.32. The summed E-state index contributed by atoms with van der Waals surface area (Å²) < 4.78 is 5.88. The standard InChI is InChI=1S/C29H33ClN2O3/c1-20(2)31-29(34)27(17-23-8-6-5-7-9-23)32(18-24-10-12-25(30)13-11-24)28(33)19-35-26-15-21(3)14-22(4)16-26/h5-16,20,27H,17-19H2,1-4H3,(H,31,34). The van der Waals surface area contributed by atoms with Crippen LogP contribution >= 0.6 is 11.6 Å². The van der Waals surface area contributed by atoms with Crippen LogP contribution in [0.1, 0.15) is 36.1 Å². The molecule has 0 saturated heterocycles. The smallest absolute Gasteiger partial charge is 0.261 e. The van der Waals surface area contributed by atoms with Gasteiger partial charge in [-0.05, 0) is 74.2 Å². The van der Waals surface area contributed by atoms with Gasteiger partial charge in [0.15, 0.2) is 6.61 Å². The van der Waals surface area contributed by atoms with Crippen molar-refractivity contribution in [2.45, 2.75) is 52.7 Å². The van der Waals surface area contributed by atoms with Gasteiger partial charge in [-0.15, -0.1) is 0 Å². The molecule has 0 fully saturated rings. The molecule has 0 saturated carbocycles. The second kappa shape index (κ2) is 12.4. The van der Waals surface area contributed by atoms with E-state index in [1.807, 2.05) is 88.4 Å². The first-order valence-corrected chi connectivity index (χ1v) is 12.2. The van der Waals surface area contributed by atoms with Crippen LogP contribution in [0.5, 0.6) is 5.75 Å². The molecule has 0 heterocycles. The number of halogens is 1. The Kier molecular flexibility index (Phi) is 9.32. The number of carbonyl (C=O) groups is 2. The molecule has 0 bridgehead atoms. The summed E-state index contributed by atoms with van der Waals surface area (Å²) in [7, 11) is 0. The van der Waals surface area contributed by atoms with Crippen molar-refractivity contribution in [2.75, 3.05) is 6.61 Å². The molecule has 0 spiro atoms. The van der Waals surface area contributed by atoms with Crippen molar-refractivity contribution in [1.82, 2.24) is 10.2 Å². The summed E-state index contributed by atoms with van der Waals surface area (Å²) in [5.41, 5.74) is 3.97. The van der Waals surface area contributed by atoms with E-state index in [1.54, 1.807) is 17.0 Å². The van der Waals surface area contributed by atoms with Gasteiger partial charge in [0.25, 0.3) is 5.91 Å². The summed E-state index contributed by atoms with van der Waals surface area (Å²) in [6.07, 6.45) is 0.391. The van der Waals surface area contributed by atoms with E-state index in [9.17, 15) is 9.59 Å². The first-order valence-electron chi connectivity index (χ1n) is 11.8. The zero-order valence-electron chi connectivity index (χ0n) is 20.8. The van der Waals surface area contributed by atoms with Gasteiger partial charge in [-0.2, -0.15) is 0 Å². The fourth-order valence-corrected chi connectivity index (χ4v) is 4.09. The molecule has 184 valence electrons. The number of ether oxygens (including phenoxy) is 1. The van der Waals surface area contributed by atoms with Crippen molar-refractivity contribution in [3.05, 3.63) is 100 Å². The molecule has 1 atom stereocenters. The summed E-state index contributed by atoms with van der Waals surface area (Å²) in [5, 5.41) is 3.60. The number of carbonyl (C=O) groups excluding carboxylic acids is 2. The second-order valence-electron chi connectivity index (χ2n) is 9.13. The highest BCUT2D eigenvalue weighted by atomic mass is 35.5. The van der Waals surface area contributed by atoms with Gasteiger partial charge in [-0.3, -0.25) is 9.59 Å². The molecule has 35 heavy (non-hydrogen) atoms. The van der Waals surface area contributed by atoms with Gasteiger partial charge in [0, 0.05) is 24.0 Å². The van der Waals surface area contributed by atoms with Gasteiger partial charge in [-0.25, -0.2) is 0 Å². The van der Waals surface area contributed by atoms with Crippen LogP contribution in [0.15, 0.2) is 72.8 Å². The van der Waals surface area contributed by atoms with Crippen LogP contribution in [-0.4, -0.2) is 35.4 Å². The van der Waals surface area contributed by atoms with E-state index in [4.69, 9.17) is 16.3 Å². The molecule has 0 aliphatic carbocycles. The number of rotatable bonds is 10. The Labute approximate surface area is 213 Å². The molecule has 1 unspecified atom stereocenters. The van der Waals surface area contributed by atoms with E-state index in [2.05, 4.69) is 5.32 Å². The van der Waals surface area contributed by atoms with Gasteiger partial charge < -0.3 is 15.0 Å². The lowest BCUT2D eigenvalue weighted by atomic mass is 10.0. The predicted octanol–water partition coefficient (Wildman–Crippen LogP) is 5.50. The van der Waals surface area contributed by atoms with Crippen LogP contribution in [0.25, 0.3) is 0 Å². The van der Waals surface area contributed by atoms with Gasteiger partial charge >= 0.3 is 0 Å². The largest absolute Gasteiger partial charge is 0.484 e. The molecule has 1 N–H and O–H groups in total. The number of hydrogen-bond donors (Lipinski definition) is 1. The SMILES string of the molecule is Cc1cc(C)cc(OCC(=O)N(Cc2ccc(Cl)cc2)C(Cc2ccccc2)C(=O)NC(C)C)c1. The maximum Gasteiger partial charge on any atom is 0.261 e. The molecule has 0 aliphatic rings. The minimum absolute atomic E-state index is 0.0558. The van der Waals surface area contributed by atoms with Gasteiger partial charge in [0.2, 0.25) is 5.91 Å². The van der Waals surface area contributed by atoms with Gasteiger partial charge in [-0.1, -0.05) is 60.1 Å². The van der Waals surface area contributed by atoms with Crippen LogP contribution in [0.4, 0.5) is 0 Å². The Bertz CT molecular complexity index is 1110. The number of nitrogens with one attached hydrogen (secondary N) is 1. The number of aryl methyl sites for hydroxylation is 2. The Morgan fingerprint density at radius 1 is 0.914 bits per heavy atom. The number of nitrogens with zero attached hydrogens (tertiary/aromatic N) is 1. The Balaban J connectivity index is 1.91. The second-order valence-corrected chi connectivity index (χ2v) is 9.57. The average molecular weight is 493 g/mol. The third kappa shape index (κ3) is 8.15. The zero-order chi connectivity index (χ0) is 25.4. The summed E-state index contributed by atoms with van der Waals surface area (Å²) in [4.78, 5) is 28.5. The van der Waals surface area contributed by atoms with E-state index in [0.717, 1.165) is 22.3 Å². The van der Waals surface area contributed by atoms with Gasteiger partial charge in [0.05, 0.1) is 0 Å². The summed E-state index contributed by atoms with van der Waals surface area (Å²) in [6.45, 7) is 7.88. The van der Waals surface area contributed by atoms with E-state index < -0.39 is 6.04 Å². The lowest BCUT2D eigenvalue weighted by molar-refractivity contribution is -0.143. The number of benzene rings is 3. The molecule has 5 nitrogen and oxygen atoms in total. The summed E-state index contributed by atoms with van der Waals surface area (Å²) >= 11 is 6.07. The van der Waals surface area contributed by atoms with E-state index >= 15 is 0 Å². The normalized spacial score (nSPS) is 11.7. The molecule has 0 radical (unpaired) electrons. The molecule has 0 aliphatic heterocycles. The van der Waals surface area contributed by atoms with Crippen LogP contribution < -0.4 is 10.1 Å². The highest BCUT2D eigenvalue weighted by molar-refractivity contribution is 6.30. The van der Waals surface area contributed by atoms with Crippen molar-refractivity contribution in [2.24, 2.45) is 0 Å². The van der Waals surface area contributed by atoms with E-state index in [0.29, 0.717) is 17.2 Å². The fraction of sp³-hybridized carbons (Fsp3) is 0.310. The van der Waals surface area contributed by atoms with Crippen LogP contribution in [0.3, 0.4) is 0 Å². The maximum atomic E-state index is 13.6. The Hall–Kier alpha value is -3.31.